The fraction of sp³-hybridized carbons (Fsp3) is 0.533. The van der Waals surface area contributed by atoms with Crippen LogP contribution in [0.4, 0.5) is 5.69 Å². The minimum atomic E-state index is -0.0387. The van der Waals surface area contributed by atoms with E-state index < -0.39 is 0 Å². The smallest absolute Gasteiger partial charge is 0.225 e. The lowest BCUT2D eigenvalue weighted by molar-refractivity contribution is -0.125. The highest BCUT2D eigenvalue weighted by Crippen LogP contribution is 2.24. The second-order valence-electron chi connectivity index (χ2n) is 5.40. The molecule has 104 valence electrons. The molecule has 0 saturated carbocycles. The van der Waals surface area contributed by atoms with Crippen molar-refractivity contribution in [2.45, 2.75) is 26.3 Å². The molecular weight excluding hydrogens is 240 g/mol. The molecule has 1 aromatic rings. The van der Waals surface area contributed by atoms with Crippen molar-refractivity contribution in [1.29, 1.82) is 0 Å². The van der Waals surface area contributed by atoms with Crippen molar-refractivity contribution in [1.82, 2.24) is 5.32 Å². The van der Waals surface area contributed by atoms with E-state index in [-0.39, 0.29) is 30.4 Å². The molecule has 3 unspecified atom stereocenters. The minimum Gasteiger partial charge on any atom is -0.396 e. The maximum atomic E-state index is 12.2. The standard InChI is InChI=1S/C15H22N2O2/c1-10(9-18)11(2)17-15(19)13-7-12-5-3-4-6-14(12)16-8-13/h3-6,10-11,13,16,18H,7-9H2,1-2H3,(H,17,19). The first-order valence-electron chi connectivity index (χ1n) is 6.84. The van der Waals surface area contributed by atoms with Gasteiger partial charge in [0.25, 0.3) is 0 Å². The molecule has 2 rings (SSSR count). The average molecular weight is 262 g/mol. The van der Waals surface area contributed by atoms with E-state index >= 15 is 0 Å². The van der Waals surface area contributed by atoms with E-state index in [2.05, 4.69) is 16.7 Å². The number of fused-ring (bicyclic) bond motifs is 1. The summed E-state index contributed by atoms with van der Waals surface area (Å²) in [6, 6.07) is 8.09. The zero-order chi connectivity index (χ0) is 13.8. The summed E-state index contributed by atoms with van der Waals surface area (Å²) in [6.07, 6.45) is 0.773. The van der Waals surface area contributed by atoms with E-state index in [0.717, 1.165) is 12.1 Å². The summed E-state index contributed by atoms with van der Waals surface area (Å²) in [4.78, 5) is 12.2. The van der Waals surface area contributed by atoms with Crippen molar-refractivity contribution in [2.75, 3.05) is 18.5 Å². The van der Waals surface area contributed by atoms with Crippen LogP contribution in [0, 0.1) is 11.8 Å². The molecular formula is C15H22N2O2. The number of carbonyl (C=O) groups is 1. The van der Waals surface area contributed by atoms with Crippen molar-refractivity contribution in [3.8, 4) is 0 Å². The van der Waals surface area contributed by atoms with E-state index in [1.165, 1.54) is 5.56 Å². The largest absolute Gasteiger partial charge is 0.396 e. The van der Waals surface area contributed by atoms with Crippen LogP contribution in [0.25, 0.3) is 0 Å². The summed E-state index contributed by atoms with van der Waals surface area (Å²) in [7, 11) is 0. The zero-order valence-corrected chi connectivity index (χ0v) is 11.5. The molecule has 0 saturated heterocycles. The Morgan fingerprint density at radius 3 is 2.95 bits per heavy atom. The van der Waals surface area contributed by atoms with Gasteiger partial charge in [0, 0.05) is 24.9 Å². The Morgan fingerprint density at radius 1 is 1.47 bits per heavy atom. The number of amides is 1. The van der Waals surface area contributed by atoms with Gasteiger partial charge in [0.05, 0.1) is 5.92 Å². The topological polar surface area (TPSA) is 61.4 Å². The number of nitrogens with one attached hydrogen (secondary N) is 2. The third-order valence-corrected chi connectivity index (χ3v) is 3.90. The Morgan fingerprint density at radius 2 is 2.21 bits per heavy atom. The molecule has 0 bridgehead atoms. The fourth-order valence-corrected chi connectivity index (χ4v) is 2.27. The van der Waals surface area contributed by atoms with E-state index in [9.17, 15) is 4.79 Å². The van der Waals surface area contributed by atoms with Gasteiger partial charge in [0.1, 0.15) is 0 Å². The number of hydrogen-bond acceptors (Lipinski definition) is 3. The highest BCUT2D eigenvalue weighted by molar-refractivity contribution is 5.81. The van der Waals surface area contributed by atoms with E-state index in [4.69, 9.17) is 5.11 Å². The molecule has 1 heterocycles. The van der Waals surface area contributed by atoms with Crippen LogP contribution >= 0.6 is 0 Å². The van der Waals surface area contributed by atoms with Gasteiger partial charge >= 0.3 is 0 Å². The third-order valence-electron chi connectivity index (χ3n) is 3.90. The molecule has 1 amide bonds. The maximum Gasteiger partial charge on any atom is 0.225 e. The molecule has 4 nitrogen and oxygen atoms in total. The number of hydrogen-bond donors (Lipinski definition) is 3. The first kappa shape index (κ1) is 13.9. The predicted octanol–water partition coefficient (Wildman–Crippen LogP) is 1.40. The van der Waals surface area contributed by atoms with Crippen LogP contribution in [-0.2, 0) is 11.2 Å². The molecule has 1 aliphatic heterocycles. The molecule has 0 aromatic heterocycles. The van der Waals surface area contributed by atoms with Crippen molar-refractivity contribution < 1.29 is 9.90 Å². The first-order chi connectivity index (χ1) is 9.11. The Labute approximate surface area is 114 Å². The van der Waals surface area contributed by atoms with Crippen LogP contribution in [-0.4, -0.2) is 30.2 Å². The molecule has 4 heteroatoms. The van der Waals surface area contributed by atoms with E-state index in [0.29, 0.717) is 6.54 Å². The molecule has 3 N–H and O–H groups in total. The number of para-hydroxylation sites is 1. The average Bonchev–Trinajstić information content (AvgIpc) is 2.45. The summed E-state index contributed by atoms with van der Waals surface area (Å²) >= 11 is 0. The fourth-order valence-electron chi connectivity index (χ4n) is 2.27. The van der Waals surface area contributed by atoms with Crippen molar-refractivity contribution >= 4 is 11.6 Å². The van der Waals surface area contributed by atoms with Crippen LogP contribution in [0.1, 0.15) is 19.4 Å². The van der Waals surface area contributed by atoms with Gasteiger partial charge in [0.15, 0.2) is 0 Å². The van der Waals surface area contributed by atoms with Crippen LogP contribution in [0.3, 0.4) is 0 Å². The quantitative estimate of drug-likeness (QED) is 0.768. The second kappa shape index (κ2) is 6.06. The third kappa shape index (κ3) is 3.26. The summed E-state index contributed by atoms with van der Waals surface area (Å²) in [5.74, 6) is 0.103. The number of benzene rings is 1. The predicted molar refractivity (Wildman–Crippen MR) is 76.0 cm³/mol. The Bertz CT molecular complexity index is 448. The van der Waals surface area contributed by atoms with E-state index in [1.54, 1.807) is 0 Å². The second-order valence-corrected chi connectivity index (χ2v) is 5.40. The van der Waals surface area contributed by atoms with Gasteiger partial charge in [-0.1, -0.05) is 25.1 Å². The Balaban J connectivity index is 1.95. The number of rotatable bonds is 4. The van der Waals surface area contributed by atoms with Crippen LogP contribution in [0.15, 0.2) is 24.3 Å². The van der Waals surface area contributed by atoms with Gasteiger partial charge in [-0.15, -0.1) is 0 Å². The zero-order valence-electron chi connectivity index (χ0n) is 11.5. The van der Waals surface area contributed by atoms with Gasteiger partial charge < -0.3 is 15.7 Å². The Kier molecular flexibility index (Phi) is 4.43. The van der Waals surface area contributed by atoms with Crippen molar-refractivity contribution in [2.24, 2.45) is 11.8 Å². The molecule has 0 spiro atoms. The minimum absolute atomic E-state index is 0.00493. The van der Waals surface area contributed by atoms with Gasteiger partial charge in [-0.3, -0.25) is 4.79 Å². The van der Waals surface area contributed by atoms with Gasteiger partial charge in [-0.25, -0.2) is 0 Å². The van der Waals surface area contributed by atoms with E-state index in [1.807, 2.05) is 32.0 Å². The normalized spacial score (nSPS) is 20.9. The van der Waals surface area contributed by atoms with Crippen molar-refractivity contribution in [3.63, 3.8) is 0 Å². The summed E-state index contributed by atoms with van der Waals surface area (Å²) in [5.41, 5.74) is 2.32. The lowest BCUT2D eigenvalue weighted by Gasteiger charge is -2.28. The molecule has 1 aromatic carbocycles. The summed E-state index contributed by atoms with van der Waals surface area (Å²) in [5, 5.41) is 15.4. The molecule has 1 aliphatic rings. The highest BCUT2D eigenvalue weighted by Gasteiger charge is 2.25. The van der Waals surface area contributed by atoms with Gasteiger partial charge in [-0.2, -0.15) is 0 Å². The lowest BCUT2D eigenvalue weighted by Crippen LogP contribution is -2.44. The van der Waals surface area contributed by atoms with Crippen molar-refractivity contribution in [3.05, 3.63) is 29.8 Å². The molecule has 19 heavy (non-hydrogen) atoms. The molecule has 0 aliphatic carbocycles. The van der Waals surface area contributed by atoms with Crippen LogP contribution in [0.2, 0.25) is 0 Å². The van der Waals surface area contributed by atoms with Crippen LogP contribution in [0.5, 0.6) is 0 Å². The van der Waals surface area contributed by atoms with Gasteiger partial charge in [-0.05, 0) is 30.9 Å². The number of aliphatic hydroxyl groups is 1. The van der Waals surface area contributed by atoms with Crippen LogP contribution < -0.4 is 10.6 Å². The first-order valence-corrected chi connectivity index (χ1v) is 6.84. The number of carbonyl (C=O) groups excluding carboxylic acids is 1. The summed E-state index contributed by atoms with van der Waals surface area (Å²) < 4.78 is 0. The highest BCUT2D eigenvalue weighted by atomic mass is 16.3. The SMILES string of the molecule is CC(CO)C(C)NC(=O)C1CNc2ccccc2C1. The lowest BCUT2D eigenvalue weighted by atomic mass is 9.92. The molecule has 3 atom stereocenters. The maximum absolute atomic E-state index is 12.2. The molecule has 0 fully saturated rings. The molecule has 0 radical (unpaired) electrons. The monoisotopic (exact) mass is 262 g/mol. The summed E-state index contributed by atoms with van der Waals surface area (Å²) in [6.45, 7) is 4.62. The number of aliphatic hydroxyl groups excluding tert-OH is 1. The Hall–Kier alpha value is -1.55. The van der Waals surface area contributed by atoms with Gasteiger partial charge in [0.2, 0.25) is 5.91 Å². The number of anilines is 1.